The maximum absolute atomic E-state index is 14.9. The Labute approximate surface area is 179 Å². The molecule has 1 fully saturated rings. The highest BCUT2D eigenvalue weighted by Crippen LogP contribution is 2.41. The Morgan fingerprint density at radius 2 is 2.07 bits per heavy atom. The van der Waals surface area contributed by atoms with Crippen LogP contribution in [0.3, 0.4) is 0 Å². The van der Waals surface area contributed by atoms with Gasteiger partial charge >= 0.3 is 0 Å². The third kappa shape index (κ3) is 3.50. The standard InChI is InChI=1S/C23H24FN3O2/c1-3-25-27-14(2)19(17-10-7-11-18(24)20(17)23(27)29)22(28)26-21(16-12-13-16)15-8-5-4-6-9-15/h4-11,16,21,25H,3,12-13H2,1-2H3,(H,26,28)/t21-/m1/s1/i1D3,2D3,3D2. The fraction of sp³-hybridized carbons (Fsp3) is 0.304. The van der Waals surface area contributed by atoms with Crippen LogP contribution in [0.25, 0.3) is 10.8 Å². The van der Waals surface area contributed by atoms with Crippen LogP contribution in [-0.4, -0.2) is 17.1 Å². The lowest BCUT2D eigenvalue weighted by Gasteiger charge is -2.22. The zero-order valence-corrected chi connectivity index (χ0v) is 15.3. The summed E-state index contributed by atoms with van der Waals surface area (Å²) in [4.78, 5) is 27.0. The van der Waals surface area contributed by atoms with Gasteiger partial charge in [-0.05, 0) is 44.1 Å². The minimum atomic E-state index is -3.34. The summed E-state index contributed by atoms with van der Waals surface area (Å²) in [5.41, 5.74) is -0.298. The van der Waals surface area contributed by atoms with Gasteiger partial charge in [0.05, 0.1) is 25.4 Å². The number of nitrogens with one attached hydrogen (secondary N) is 2. The average Bonchev–Trinajstić information content (AvgIpc) is 3.63. The van der Waals surface area contributed by atoms with Gasteiger partial charge in [-0.15, -0.1) is 0 Å². The molecule has 3 aromatic rings. The molecule has 0 bridgehead atoms. The van der Waals surface area contributed by atoms with Crippen LogP contribution in [0.1, 0.15) is 58.3 Å². The summed E-state index contributed by atoms with van der Waals surface area (Å²) in [6, 6.07) is 11.9. The molecule has 1 saturated carbocycles. The maximum Gasteiger partial charge on any atom is 0.279 e. The number of fused-ring (bicyclic) bond motifs is 1. The van der Waals surface area contributed by atoms with Gasteiger partial charge in [-0.3, -0.25) is 9.59 Å². The average molecular weight is 402 g/mol. The molecule has 1 aromatic heterocycles. The smallest absolute Gasteiger partial charge is 0.279 e. The zero-order valence-electron chi connectivity index (χ0n) is 23.3. The Bertz CT molecular complexity index is 1400. The molecule has 0 radical (unpaired) electrons. The van der Waals surface area contributed by atoms with Crippen molar-refractivity contribution in [1.82, 2.24) is 9.99 Å². The first kappa shape index (κ1) is 11.8. The van der Waals surface area contributed by atoms with Crippen molar-refractivity contribution >= 4 is 16.7 Å². The van der Waals surface area contributed by atoms with Crippen LogP contribution in [0, 0.1) is 18.6 Å². The molecule has 4 rings (SSSR count). The summed E-state index contributed by atoms with van der Waals surface area (Å²) in [5, 5.41) is 1.84. The first-order valence-corrected chi connectivity index (χ1v) is 9.15. The van der Waals surface area contributed by atoms with E-state index in [1.165, 1.54) is 12.1 Å². The lowest BCUT2D eigenvalue weighted by Crippen LogP contribution is -2.36. The summed E-state index contributed by atoms with van der Waals surface area (Å²) in [6.45, 7) is -9.84. The molecule has 1 atom stereocenters. The number of benzene rings is 2. The number of hydrogen-bond donors (Lipinski definition) is 2. The van der Waals surface area contributed by atoms with E-state index in [1.807, 2.05) is 0 Å². The van der Waals surface area contributed by atoms with Crippen molar-refractivity contribution in [3.05, 3.63) is 81.5 Å². The second kappa shape index (κ2) is 7.70. The number of carbonyl (C=O) groups excluding carboxylic acids is 1. The van der Waals surface area contributed by atoms with Crippen LogP contribution in [0.2, 0.25) is 0 Å². The van der Waals surface area contributed by atoms with Gasteiger partial charge in [0.1, 0.15) is 5.82 Å². The molecule has 6 heteroatoms. The molecule has 1 aliphatic carbocycles. The van der Waals surface area contributed by atoms with Gasteiger partial charge in [0.2, 0.25) is 0 Å². The van der Waals surface area contributed by atoms with Crippen LogP contribution in [0.4, 0.5) is 4.39 Å². The second-order valence-electron chi connectivity index (χ2n) is 6.96. The van der Waals surface area contributed by atoms with Gasteiger partial charge in [-0.1, -0.05) is 42.5 Å². The highest BCUT2D eigenvalue weighted by Gasteiger charge is 2.34. The summed E-state index contributed by atoms with van der Waals surface area (Å²) in [6.07, 6.45) is 1.64. The van der Waals surface area contributed by atoms with Gasteiger partial charge in [0.15, 0.2) is 0 Å². The largest absolute Gasteiger partial charge is 0.345 e. The van der Waals surface area contributed by atoms with Crippen LogP contribution in [0.15, 0.2) is 53.3 Å². The van der Waals surface area contributed by atoms with E-state index in [0.717, 1.165) is 24.5 Å². The highest BCUT2D eigenvalue weighted by molar-refractivity contribution is 6.08. The lowest BCUT2D eigenvalue weighted by molar-refractivity contribution is 0.0932. The van der Waals surface area contributed by atoms with Crippen LogP contribution in [-0.2, 0) is 0 Å². The summed E-state index contributed by atoms with van der Waals surface area (Å²) in [5.74, 6) is -1.92. The van der Waals surface area contributed by atoms with E-state index in [1.54, 1.807) is 35.8 Å². The Morgan fingerprint density at radius 3 is 2.76 bits per heavy atom. The third-order valence-electron chi connectivity index (χ3n) is 5.09. The minimum absolute atomic E-state index is 0.0827. The predicted molar refractivity (Wildman–Crippen MR) is 112 cm³/mol. The number of pyridine rings is 1. The Kier molecular flexibility index (Phi) is 3.12. The van der Waals surface area contributed by atoms with Crippen LogP contribution < -0.4 is 16.3 Å². The van der Waals surface area contributed by atoms with E-state index in [-0.39, 0.29) is 16.0 Å². The molecule has 2 N–H and O–H groups in total. The van der Waals surface area contributed by atoms with Gasteiger partial charge in [0, 0.05) is 20.1 Å². The first-order chi connectivity index (χ1) is 17.1. The van der Waals surface area contributed by atoms with Crippen molar-refractivity contribution in [1.29, 1.82) is 0 Å². The molecule has 0 saturated heterocycles. The molecule has 1 aliphatic rings. The predicted octanol–water partition coefficient (Wildman–Crippen LogP) is 3.89. The van der Waals surface area contributed by atoms with Gasteiger partial charge in [0.25, 0.3) is 11.5 Å². The number of amides is 1. The zero-order chi connectivity index (χ0) is 27.3. The summed E-state index contributed by atoms with van der Waals surface area (Å²) >= 11 is 0. The van der Waals surface area contributed by atoms with E-state index in [0.29, 0.717) is 0 Å². The first-order valence-electron chi connectivity index (χ1n) is 13.1. The van der Waals surface area contributed by atoms with E-state index in [9.17, 15) is 14.0 Å². The topological polar surface area (TPSA) is 63.1 Å². The summed E-state index contributed by atoms with van der Waals surface area (Å²) < 4.78 is 77.4. The molecule has 1 amide bonds. The third-order valence-corrected chi connectivity index (χ3v) is 5.09. The molecule has 1 heterocycles. The lowest BCUT2D eigenvalue weighted by atomic mass is 9.99. The minimum Gasteiger partial charge on any atom is -0.345 e. The molecule has 29 heavy (non-hydrogen) atoms. The van der Waals surface area contributed by atoms with E-state index in [2.05, 4.69) is 5.32 Å². The number of nitrogens with zero attached hydrogens (tertiary/aromatic N) is 1. The molecule has 150 valence electrons. The molecular weight excluding hydrogens is 369 g/mol. The molecule has 0 spiro atoms. The Hall–Kier alpha value is -3.15. The van der Waals surface area contributed by atoms with Crippen molar-refractivity contribution in [2.24, 2.45) is 5.92 Å². The monoisotopic (exact) mass is 401 g/mol. The van der Waals surface area contributed by atoms with Gasteiger partial charge < -0.3 is 10.7 Å². The maximum atomic E-state index is 14.9. The van der Waals surface area contributed by atoms with Gasteiger partial charge in [-0.2, -0.15) is 0 Å². The number of carbonyl (C=O) groups is 1. The number of hydrogen-bond acceptors (Lipinski definition) is 3. The SMILES string of the molecule is [2H]C([2H])([2H])c1c(C(=O)N[C@H](c2ccccc2)C2CC2)c2cccc(F)c2c(=O)n1NC([2H])([2H])C([2H])([2H])[2H]. The fourth-order valence-electron chi connectivity index (χ4n) is 3.57. The van der Waals surface area contributed by atoms with Crippen LogP contribution in [0.5, 0.6) is 0 Å². The molecule has 0 aliphatic heterocycles. The number of rotatable bonds is 6. The van der Waals surface area contributed by atoms with Crippen molar-refractivity contribution in [2.45, 2.75) is 32.6 Å². The fourth-order valence-corrected chi connectivity index (χ4v) is 3.57. The van der Waals surface area contributed by atoms with Crippen molar-refractivity contribution < 1.29 is 20.2 Å². The molecule has 2 aromatic carbocycles. The highest BCUT2D eigenvalue weighted by atomic mass is 19.1. The quantitative estimate of drug-likeness (QED) is 0.659. The van der Waals surface area contributed by atoms with Gasteiger partial charge in [-0.25, -0.2) is 9.07 Å². The Morgan fingerprint density at radius 1 is 1.28 bits per heavy atom. The second-order valence-corrected chi connectivity index (χ2v) is 6.96. The number of halogens is 1. The van der Waals surface area contributed by atoms with E-state index < -0.39 is 60.2 Å². The molecule has 0 unspecified atom stereocenters. The van der Waals surface area contributed by atoms with E-state index >= 15 is 0 Å². The van der Waals surface area contributed by atoms with Crippen molar-refractivity contribution in [3.8, 4) is 0 Å². The normalized spacial score (nSPS) is 20.0. The van der Waals surface area contributed by atoms with E-state index in [4.69, 9.17) is 11.0 Å². The number of aromatic nitrogens is 1. The van der Waals surface area contributed by atoms with Crippen LogP contribution >= 0.6 is 0 Å². The molecule has 5 nitrogen and oxygen atoms in total. The summed E-state index contributed by atoms with van der Waals surface area (Å²) in [7, 11) is 0. The van der Waals surface area contributed by atoms with Crippen molar-refractivity contribution in [2.75, 3.05) is 11.9 Å². The molecular formula is C23H24FN3O2. The Balaban J connectivity index is 1.98. The van der Waals surface area contributed by atoms with Crippen molar-refractivity contribution in [3.63, 3.8) is 0 Å².